The Bertz CT molecular complexity index is 424. The molecule has 0 radical (unpaired) electrons. The average molecular weight is 264 g/mol. The zero-order valence-electron chi connectivity index (χ0n) is 11.3. The molecule has 0 aromatic heterocycles. The predicted molar refractivity (Wildman–Crippen MR) is 73.1 cm³/mol. The second kappa shape index (κ2) is 6.15. The van der Waals surface area contributed by atoms with Crippen molar-refractivity contribution in [1.29, 1.82) is 0 Å². The normalized spacial score (nSPS) is 22.4. The van der Waals surface area contributed by atoms with Crippen molar-refractivity contribution >= 4 is 5.91 Å². The smallest absolute Gasteiger partial charge is 0.227 e. The number of hydrogen-bond donors (Lipinski definition) is 2. The maximum Gasteiger partial charge on any atom is 0.227 e. The third kappa shape index (κ3) is 3.32. The lowest BCUT2D eigenvalue weighted by atomic mass is 9.81. The van der Waals surface area contributed by atoms with Gasteiger partial charge in [0.05, 0.1) is 5.41 Å². The Balaban J connectivity index is 1.94. The SMILES string of the molecule is CCCC1(C(=O)NCc2ccc(F)cc2)CCNC1. The second-order valence-electron chi connectivity index (χ2n) is 5.27. The van der Waals surface area contributed by atoms with Crippen molar-refractivity contribution in [2.75, 3.05) is 13.1 Å². The van der Waals surface area contributed by atoms with Crippen LogP contribution in [-0.2, 0) is 11.3 Å². The summed E-state index contributed by atoms with van der Waals surface area (Å²) in [6, 6.07) is 6.24. The Morgan fingerprint density at radius 1 is 1.42 bits per heavy atom. The van der Waals surface area contributed by atoms with Gasteiger partial charge in [0.1, 0.15) is 5.82 Å². The summed E-state index contributed by atoms with van der Waals surface area (Å²) in [5.41, 5.74) is 0.668. The molecule has 1 heterocycles. The lowest BCUT2D eigenvalue weighted by Gasteiger charge is -2.26. The van der Waals surface area contributed by atoms with Gasteiger partial charge >= 0.3 is 0 Å². The van der Waals surface area contributed by atoms with Crippen LogP contribution in [0.2, 0.25) is 0 Å². The maximum atomic E-state index is 12.8. The molecule has 2 rings (SSSR count). The van der Waals surface area contributed by atoms with E-state index in [9.17, 15) is 9.18 Å². The van der Waals surface area contributed by atoms with E-state index in [1.807, 2.05) is 0 Å². The molecular formula is C15H21FN2O. The minimum Gasteiger partial charge on any atom is -0.352 e. The lowest BCUT2D eigenvalue weighted by molar-refractivity contribution is -0.130. The molecule has 1 aliphatic rings. The van der Waals surface area contributed by atoms with Crippen LogP contribution in [0.5, 0.6) is 0 Å². The highest BCUT2D eigenvalue weighted by Gasteiger charge is 2.39. The number of benzene rings is 1. The van der Waals surface area contributed by atoms with Crippen molar-refractivity contribution in [3.63, 3.8) is 0 Å². The third-order valence-corrected chi connectivity index (χ3v) is 3.82. The maximum absolute atomic E-state index is 12.8. The minimum atomic E-state index is -0.255. The van der Waals surface area contributed by atoms with Gasteiger partial charge in [-0.25, -0.2) is 4.39 Å². The zero-order valence-corrected chi connectivity index (χ0v) is 11.3. The fourth-order valence-corrected chi connectivity index (χ4v) is 2.72. The van der Waals surface area contributed by atoms with Gasteiger partial charge in [-0.3, -0.25) is 4.79 Å². The Labute approximate surface area is 113 Å². The molecule has 1 saturated heterocycles. The highest BCUT2D eigenvalue weighted by molar-refractivity contribution is 5.83. The summed E-state index contributed by atoms with van der Waals surface area (Å²) in [5.74, 6) is -0.138. The van der Waals surface area contributed by atoms with Gasteiger partial charge < -0.3 is 10.6 Å². The molecule has 1 aromatic rings. The van der Waals surface area contributed by atoms with Gasteiger partial charge in [0, 0.05) is 13.1 Å². The van der Waals surface area contributed by atoms with Crippen molar-refractivity contribution < 1.29 is 9.18 Å². The molecule has 0 aliphatic carbocycles. The summed E-state index contributed by atoms with van der Waals surface area (Å²) < 4.78 is 12.8. The van der Waals surface area contributed by atoms with Crippen molar-refractivity contribution in [1.82, 2.24) is 10.6 Å². The van der Waals surface area contributed by atoms with E-state index in [1.54, 1.807) is 12.1 Å². The molecule has 1 fully saturated rings. The Kier molecular flexibility index (Phi) is 4.53. The number of halogens is 1. The highest BCUT2D eigenvalue weighted by Crippen LogP contribution is 2.31. The monoisotopic (exact) mass is 264 g/mol. The second-order valence-corrected chi connectivity index (χ2v) is 5.27. The summed E-state index contributed by atoms with van der Waals surface area (Å²) in [6.07, 6.45) is 2.82. The van der Waals surface area contributed by atoms with Crippen LogP contribution in [-0.4, -0.2) is 19.0 Å². The van der Waals surface area contributed by atoms with Gasteiger partial charge in [0.2, 0.25) is 5.91 Å². The molecule has 0 saturated carbocycles. The van der Waals surface area contributed by atoms with Gasteiger partial charge in [0.15, 0.2) is 0 Å². The lowest BCUT2D eigenvalue weighted by Crippen LogP contribution is -2.42. The summed E-state index contributed by atoms with van der Waals surface area (Å²) in [7, 11) is 0. The van der Waals surface area contributed by atoms with Crippen molar-refractivity contribution in [2.45, 2.75) is 32.7 Å². The van der Waals surface area contributed by atoms with Crippen LogP contribution in [0.3, 0.4) is 0 Å². The highest BCUT2D eigenvalue weighted by atomic mass is 19.1. The number of carbonyl (C=O) groups excluding carboxylic acids is 1. The fraction of sp³-hybridized carbons (Fsp3) is 0.533. The first-order valence-corrected chi connectivity index (χ1v) is 6.90. The molecule has 104 valence electrons. The summed E-state index contributed by atoms with van der Waals surface area (Å²) in [4.78, 5) is 12.4. The van der Waals surface area contributed by atoms with Crippen LogP contribution in [0.25, 0.3) is 0 Å². The molecule has 0 spiro atoms. The summed E-state index contributed by atoms with van der Waals surface area (Å²) in [6.45, 7) is 4.23. The topological polar surface area (TPSA) is 41.1 Å². The first kappa shape index (κ1) is 14.0. The van der Waals surface area contributed by atoms with E-state index in [0.29, 0.717) is 6.54 Å². The Morgan fingerprint density at radius 3 is 2.74 bits per heavy atom. The Morgan fingerprint density at radius 2 is 2.16 bits per heavy atom. The van der Waals surface area contributed by atoms with Crippen LogP contribution in [0.1, 0.15) is 31.7 Å². The van der Waals surface area contributed by atoms with E-state index < -0.39 is 0 Å². The molecule has 4 heteroatoms. The van der Waals surface area contributed by atoms with E-state index in [0.717, 1.165) is 37.9 Å². The quantitative estimate of drug-likeness (QED) is 0.856. The third-order valence-electron chi connectivity index (χ3n) is 3.82. The van der Waals surface area contributed by atoms with Gasteiger partial charge in [0.25, 0.3) is 0 Å². The number of hydrogen-bond acceptors (Lipinski definition) is 2. The van der Waals surface area contributed by atoms with Gasteiger partial charge in [-0.05, 0) is 37.1 Å². The van der Waals surface area contributed by atoms with Crippen molar-refractivity contribution in [3.8, 4) is 0 Å². The van der Waals surface area contributed by atoms with E-state index >= 15 is 0 Å². The van der Waals surface area contributed by atoms with E-state index in [4.69, 9.17) is 0 Å². The first-order chi connectivity index (χ1) is 9.16. The van der Waals surface area contributed by atoms with Crippen LogP contribution in [0, 0.1) is 11.2 Å². The van der Waals surface area contributed by atoms with Gasteiger partial charge in [-0.15, -0.1) is 0 Å². The molecule has 1 amide bonds. The van der Waals surface area contributed by atoms with Crippen LogP contribution in [0.15, 0.2) is 24.3 Å². The fourth-order valence-electron chi connectivity index (χ4n) is 2.72. The van der Waals surface area contributed by atoms with Gasteiger partial charge in [-0.2, -0.15) is 0 Å². The predicted octanol–water partition coefficient (Wildman–Crippen LogP) is 2.22. The Hall–Kier alpha value is -1.42. The van der Waals surface area contributed by atoms with Crippen molar-refractivity contribution in [2.24, 2.45) is 5.41 Å². The van der Waals surface area contributed by atoms with E-state index in [1.165, 1.54) is 12.1 Å². The number of nitrogens with one attached hydrogen (secondary N) is 2. The molecule has 1 unspecified atom stereocenters. The largest absolute Gasteiger partial charge is 0.352 e. The van der Waals surface area contributed by atoms with Crippen LogP contribution >= 0.6 is 0 Å². The van der Waals surface area contributed by atoms with E-state index in [-0.39, 0.29) is 17.1 Å². The van der Waals surface area contributed by atoms with Crippen LogP contribution in [0.4, 0.5) is 4.39 Å². The number of rotatable bonds is 5. The molecule has 0 bridgehead atoms. The molecule has 3 nitrogen and oxygen atoms in total. The standard InChI is InChI=1S/C15H21FN2O/c1-2-7-15(8-9-17-11-15)14(19)18-10-12-3-5-13(16)6-4-12/h3-6,17H,2,7-11H2,1H3,(H,18,19). The summed E-state index contributed by atoms with van der Waals surface area (Å²) >= 11 is 0. The van der Waals surface area contributed by atoms with E-state index in [2.05, 4.69) is 17.6 Å². The average Bonchev–Trinajstić information content (AvgIpc) is 2.88. The molecule has 1 aromatic carbocycles. The minimum absolute atomic E-state index is 0.115. The zero-order chi connectivity index (χ0) is 13.7. The molecule has 19 heavy (non-hydrogen) atoms. The van der Waals surface area contributed by atoms with Crippen LogP contribution < -0.4 is 10.6 Å². The molecule has 1 atom stereocenters. The summed E-state index contributed by atoms with van der Waals surface area (Å²) in [5, 5.41) is 6.26. The first-order valence-electron chi connectivity index (χ1n) is 6.90. The molecular weight excluding hydrogens is 243 g/mol. The van der Waals surface area contributed by atoms with Gasteiger partial charge in [-0.1, -0.05) is 25.5 Å². The number of amides is 1. The number of carbonyl (C=O) groups is 1. The van der Waals surface area contributed by atoms with Crippen molar-refractivity contribution in [3.05, 3.63) is 35.6 Å². The molecule has 2 N–H and O–H groups in total. The molecule has 1 aliphatic heterocycles.